The van der Waals surface area contributed by atoms with Crippen molar-refractivity contribution >= 4 is 23.3 Å². The number of rotatable bonds is 7. The van der Waals surface area contributed by atoms with Gasteiger partial charge in [-0.3, -0.25) is 19.4 Å². The molecule has 1 aliphatic rings. The van der Waals surface area contributed by atoms with Crippen LogP contribution in [0, 0.1) is 5.92 Å². The maximum absolute atomic E-state index is 14.2. The molecule has 0 radical (unpaired) electrons. The van der Waals surface area contributed by atoms with Gasteiger partial charge in [0.25, 0.3) is 0 Å². The Bertz CT molecular complexity index is 993. The Labute approximate surface area is 195 Å². The summed E-state index contributed by atoms with van der Waals surface area (Å²) in [5.41, 5.74) is 2.81. The third-order valence-corrected chi connectivity index (χ3v) is 6.31. The van der Waals surface area contributed by atoms with E-state index in [0.717, 1.165) is 16.9 Å². The predicted molar refractivity (Wildman–Crippen MR) is 130 cm³/mol. The standard InChI is InChI=1S/C28H30N2O3/c1-33-28(32)23-17-19-29(20-18-23)26(21-22-11-5-2-6-12-22)27(31)30(24-13-7-3-8-14-24)25-15-9-4-10-16-25/h2-16,23,26H,17-21H2,1H3. The first-order chi connectivity index (χ1) is 16.2. The summed E-state index contributed by atoms with van der Waals surface area (Å²) in [6.45, 7) is 1.36. The quantitative estimate of drug-likeness (QED) is 0.491. The summed E-state index contributed by atoms with van der Waals surface area (Å²) in [6.07, 6.45) is 2.00. The van der Waals surface area contributed by atoms with Crippen LogP contribution in [0.25, 0.3) is 0 Å². The second kappa shape index (κ2) is 10.9. The molecule has 1 heterocycles. The predicted octanol–water partition coefficient (Wildman–Crippen LogP) is 4.85. The van der Waals surface area contributed by atoms with E-state index in [1.54, 1.807) is 0 Å². The lowest BCUT2D eigenvalue weighted by atomic mass is 9.93. The van der Waals surface area contributed by atoms with Crippen LogP contribution in [0.15, 0.2) is 91.0 Å². The Morgan fingerprint density at radius 1 is 0.848 bits per heavy atom. The molecule has 1 saturated heterocycles. The third-order valence-electron chi connectivity index (χ3n) is 6.31. The summed E-state index contributed by atoms with van der Waals surface area (Å²) >= 11 is 0. The fraction of sp³-hybridized carbons (Fsp3) is 0.286. The molecule has 170 valence electrons. The molecule has 1 atom stereocenters. The Morgan fingerprint density at radius 2 is 1.33 bits per heavy atom. The van der Waals surface area contributed by atoms with Gasteiger partial charge in [0.15, 0.2) is 0 Å². The van der Waals surface area contributed by atoms with Crippen LogP contribution in [-0.2, 0) is 20.7 Å². The van der Waals surface area contributed by atoms with Crippen molar-refractivity contribution in [3.05, 3.63) is 96.6 Å². The van der Waals surface area contributed by atoms with E-state index in [0.29, 0.717) is 32.4 Å². The van der Waals surface area contributed by atoms with E-state index in [1.807, 2.05) is 83.8 Å². The first-order valence-corrected chi connectivity index (χ1v) is 11.5. The number of benzene rings is 3. The van der Waals surface area contributed by atoms with Crippen molar-refractivity contribution in [2.24, 2.45) is 5.92 Å². The highest BCUT2D eigenvalue weighted by molar-refractivity contribution is 6.03. The van der Waals surface area contributed by atoms with Crippen LogP contribution in [0.4, 0.5) is 11.4 Å². The van der Waals surface area contributed by atoms with E-state index >= 15 is 0 Å². The van der Waals surface area contributed by atoms with Gasteiger partial charge in [0.1, 0.15) is 0 Å². The topological polar surface area (TPSA) is 49.9 Å². The zero-order valence-corrected chi connectivity index (χ0v) is 19.0. The number of para-hydroxylation sites is 2. The number of nitrogens with zero attached hydrogens (tertiary/aromatic N) is 2. The van der Waals surface area contributed by atoms with E-state index in [9.17, 15) is 9.59 Å². The van der Waals surface area contributed by atoms with Crippen molar-refractivity contribution in [3.8, 4) is 0 Å². The molecule has 0 saturated carbocycles. The normalized spacial score (nSPS) is 15.5. The zero-order chi connectivity index (χ0) is 23.0. The minimum absolute atomic E-state index is 0.0350. The van der Waals surface area contributed by atoms with Crippen molar-refractivity contribution in [2.75, 3.05) is 25.1 Å². The van der Waals surface area contributed by atoms with Gasteiger partial charge in [0.2, 0.25) is 5.91 Å². The largest absolute Gasteiger partial charge is 0.469 e. The van der Waals surface area contributed by atoms with Crippen LogP contribution < -0.4 is 4.90 Å². The lowest BCUT2D eigenvalue weighted by molar-refractivity contribution is -0.147. The van der Waals surface area contributed by atoms with E-state index in [1.165, 1.54) is 7.11 Å². The highest BCUT2D eigenvalue weighted by Gasteiger charge is 2.35. The van der Waals surface area contributed by atoms with Crippen LogP contribution in [0.5, 0.6) is 0 Å². The minimum Gasteiger partial charge on any atom is -0.469 e. The SMILES string of the molecule is COC(=O)C1CCN(C(Cc2ccccc2)C(=O)N(c2ccccc2)c2ccccc2)CC1. The average Bonchev–Trinajstić information content (AvgIpc) is 2.89. The second-order valence-corrected chi connectivity index (χ2v) is 8.38. The summed E-state index contributed by atoms with van der Waals surface area (Å²) in [4.78, 5) is 30.3. The molecule has 0 aromatic heterocycles. The maximum atomic E-state index is 14.2. The van der Waals surface area contributed by atoms with Gasteiger partial charge in [0, 0.05) is 11.4 Å². The Kier molecular flexibility index (Phi) is 7.53. The first-order valence-electron chi connectivity index (χ1n) is 11.5. The minimum atomic E-state index is -0.341. The molecule has 0 bridgehead atoms. The van der Waals surface area contributed by atoms with Crippen LogP contribution in [0.1, 0.15) is 18.4 Å². The Hall–Kier alpha value is -3.44. The molecule has 0 N–H and O–H groups in total. The van der Waals surface area contributed by atoms with Gasteiger partial charge in [-0.2, -0.15) is 0 Å². The Morgan fingerprint density at radius 3 is 1.82 bits per heavy atom. The highest BCUT2D eigenvalue weighted by atomic mass is 16.5. The van der Waals surface area contributed by atoms with Crippen molar-refractivity contribution in [2.45, 2.75) is 25.3 Å². The molecule has 5 nitrogen and oxygen atoms in total. The molecule has 33 heavy (non-hydrogen) atoms. The average molecular weight is 443 g/mol. The van der Waals surface area contributed by atoms with Crippen molar-refractivity contribution in [1.29, 1.82) is 0 Å². The number of methoxy groups -OCH3 is 1. The first kappa shape index (κ1) is 22.7. The van der Waals surface area contributed by atoms with Gasteiger partial charge in [-0.15, -0.1) is 0 Å². The summed E-state index contributed by atoms with van der Waals surface area (Å²) in [5, 5.41) is 0. The number of piperidine rings is 1. The molecule has 0 aliphatic carbocycles. The number of carbonyl (C=O) groups is 2. The summed E-state index contributed by atoms with van der Waals surface area (Å²) in [6, 6.07) is 29.4. The van der Waals surface area contributed by atoms with Gasteiger partial charge in [-0.1, -0.05) is 66.7 Å². The van der Waals surface area contributed by atoms with Crippen molar-refractivity contribution in [3.63, 3.8) is 0 Å². The third kappa shape index (κ3) is 5.49. The molecular weight excluding hydrogens is 412 g/mol. The van der Waals surface area contributed by atoms with E-state index in [-0.39, 0.29) is 23.8 Å². The molecule has 3 aromatic carbocycles. The lowest BCUT2D eigenvalue weighted by Crippen LogP contribution is -2.52. The van der Waals surface area contributed by atoms with E-state index < -0.39 is 0 Å². The number of hydrogen-bond donors (Lipinski definition) is 0. The van der Waals surface area contributed by atoms with Crippen LogP contribution >= 0.6 is 0 Å². The van der Waals surface area contributed by atoms with Gasteiger partial charge in [-0.25, -0.2) is 0 Å². The number of amides is 1. The number of anilines is 2. The van der Waals surface area contributed by atoms with Gasteiger partial charge in [0.05, 0.1) is 19.1 Å². The Balaban J connectivity index is 1.66. The number of likely N-dealkylation sites (tertiary alicyclic amines) is 1. The van der Waals surface area contributed by atoms with Crippen molar-refractivity contribution in [1.82, 2.24) is 4.90 Å². The fourth-order valence-electron chi connectivity index (χ4n) is 4.53. The lowest BCUT2D eigenvalue weighted by Gasteiger charge is -2.38. The monoisotopic (exact) mass is 442 g/mol. The molecule has 5 heteroatoms. The summed E-state index contributed by atoms with van der Waals surface area (Å²) in [7, 11) is 1.44. The van der Waals surface area contributed by atoms with Crippen molar-refractivity contribution < 1.29 is 14.3 Å². The molecule has 1 unspecified atom stereocenters. The number of hydrogen-bond acceptors (Lipinski definition) is 4. The maximum Gasteiger partial charge on any atom is 0.308 e. The zero-order valence-electron chi connectivity index (χ0n) is 19.0. The smallest absolute Gasteiger partial charge is 0.308 e. The molecule has 1 fully saturated rings. The molecule has 3 aromatic rings. The van der Waals surface area contributed by atoms with Crippen LogP contribution in [-0.4, -0.2) is 43.0 Å². The van der Waals surface area contributed by atoms with E-state index in [2.05, 4.69) is 17.0 Å². The summed E-state index contributed by atoms with van der Waals surface area (Å²) < 4.78 is 4.95. The van der Waals surface area contributed by atoms with E-state index in [4.69, 9.17) is 4.74 Å². The van der Waals surface area contributed by atoms with Gasteiger partial charge < -0.3 is 4.74 Å². The molecule has 0 spiro atoms. The number of ether oxygens (including phenoxy) is 1. The van der Waals surface area contributed by atoms with Crippen LogP contribution in [0.2, 0.25) is 0 Å². The molecular formula is C28H30N2O3. The fourth-order valence-corrected chi connectivity index (χ4v) is 4.53. The number of esters is 1. The second-order valence-electron chi connectivity index (χ2n) is 8.38. The molecule has 4 rings (SSSR count). The highest BCUT2D eigenvalue weighted by Crippen LogP contribution is 2.29. The van der Waals surface area contributed by atoms with Gasteiger partial charge >= 0.3 is 5.97 Å². The molecule has 1 amide bonds. The summed E-state index contributed by atoms with van der Waals surface area (Å²) in [5.74, 6) is -0.221. The number of carbonyl (C=O) groups excluding carboxylic acids is 2. The van der Waals surface area contributed by atoms with Gasteiger partial charge in [-0.05, 0) is 62.2 Å². The molecule has 1 aliphatic heterocycles. The van der Waals surface area contributed by atoms with Crippen LogP contribution in [0.3, 0.4) is 0 Å².